The summed E-state index contributed by atoms with van der Waals surface area (Å²) in [6, 6.07) is 10.1. The first-order chi connectivity index (χ1) is 10.2. The lowest BCUT2D eigenvalue weighted by atomic mass is 10.2. The van der Waals surface area contributed by atoms with E-state index in [4.69, 9.17) is 4.74 Å². The smallest absolute Gasteiger partial charge is 0.152 e. The molecule has 5 heteroatoms. The number of anilines is 1. The number of nitrogens with zero attached hydrogens (tertiary/aromatic N) is 3. The minimum Gasteiger partial charge on any atom is -0.492 e. The highest BCUT2D eigenvalue weighted by molar-refractivity contribution is 5.67. The van der Waals surface area contributed by atoms with Crippen LogP contribution in [-0.4, -0.2) is 27.7 Å². The molecule has 0 unspecified atom stereocenters. The van der Waals surface area contributed by atoms with Gasteiger partial charge in [-0.3, -0.25) is 0 Å². The quantitative estimate of drug-likeness (QED) is 0.731. The summed E-state index contributed by atoms with van der Waals surface area (Å²) < 4.78 is 7.54. The molecule has 0 saturated carbocycles. The maximum atomic E-state index is 5.71. The molecule has 3 rings (SSSR count). The van der Waals surface area contributed by atoms with E-state index in [1.54, 1.807) is 6.20 Å². The van der Waals surface area contributed by atoms with Crippen LogP contribution in [0.2, 0.25) is 0 Å². The fraction of sp³-hybridized carbons (Fsp3) is 0.250. The number of rotatable bonds is 5. The number of benzene rings is 1. The molecule has 0 aliphatic carbocycles. The fourth-order valence-corrected chi connectivity index (χ4v) is 2.22. The van der Waals surface area contributed by atoms with Gasteiger partial charge in [-0.15, -0.1) is 0 Å². The van der Waals surface area contributed by atoms with Crippen LogP contribution in [0.15, 0.2) is 42.7 Å². The summed E-state index contributed by atoms with van der Waals surface area (Å²) in [5.41, 5.74) is 3.15. The van der Waals surface area contributed by atoms with Crippen LogP contribution >= 0.6 is 0 Å². The maximum Gasteiger partial charge on any atom is 0.152 e. The zero-order valence-electron chi connectivity index (χ0n) is 12.2. The molecule has 2 heterocycles. The second-order valence-corrected chi connectivity index (χ2v) is 4.98. The Morgan fingerprint density at radius 2 is 2.14 bits per heavy atom. The van der Waals surface area contributed by atoms with E-state index in [0.29, 0.717) is 13.2 Å². The summed E-state index contributed by atoms with van der Waals surface area (Å²) in [7, 11) is 0. The summed E-state index contributed by atoms with van der Waals surface area (Å²) in [6.07, 6.45) is 3.58. The molecule has 0 saturated heterocycles. The summed E-state index contributed by atoms with van der Waals surface area (Å²) in [5.74, 6) is 1.72. The normalized spacial score (nSPS) is 10.8. The van der Waals surface area contributed by atoms with Gasteiger partial charge in [-0.05, 0) is 37.6 Å². The lowest BCUT2D eigenvalue weighted by Gasteiger charge is -2.09. The van der Waals surface area contributed by atoms with E-state index in [0.717, 1.165) is 22.8 Å². The van der Waals surface area contributed by atoms with Crippen molar-refractivity contribution in [2.24, 2.45) is 0 Å². The molecule has 0 radical (unpaired) electrons. The number of aromatic nitrogens is 3. The number of nitrogens with one attached hydrogen (secondary N) is 1. The maximum absolute atomic E-state index is 5.71. The predicted molar refractivity (Wildman–Crippen MR) is 82.9 cm³/mol. The summed E-state index contributed by atoms with van der Waals surface area (Å²) >= 11 is 0. The van der Waals surface area contributed by atoms with Gasteiger partial charge in [0.25, 0.3) is 0 Å². The second-order valence-electron chi connectivity index (χ2n) is 4.98. The molecule has 1 aromatic carbocycles. The zero-order valence-corrected chi connectivity index (χ0v) is 12.2. The van der Waals surface area contributed by atoms with E-state index in [1.165, 1.54) is 5.56 Å². The standard InChI is InChI=1S/C16H18N4O/c1-12-4-3-5-14(10-12)21-9-7-18-16-15-11-13(2)19-20(15)8-6-17-16/h3-6,8,10-11H,7,9H2,1-2H3,(H,17,18). The number of hydrogen-bond donors (Lipinski definition) is 1. The topological polar surface area (TPSA) is 51.5 Å². The zero-order chi connectivity index (χ0) is 14.7. The average molecular weight is 282 g/mol. The molecule has 5 nitrogen and oxygen atoms in total. The van der Waals surface area contributed by atoms with Gasteiger partial charge < -0.3 is 10.1 Å². The molecule has 0 fully saturated rings. The van der Waals surface area contributed by atoms with E-state index in [2.05, 4.69) is 28.4 Å². The molecule has 0 spiro atoms. The predicted octanol–water partition coefficient (Wildman–Crippen LogP) is 2.84. The van der Waals surface area contributed by atoms with Crippen LogP contribution < -0.4 is 10.1 Å². The van der Waals surface area contributed by atoms with Crippen molar-refractivity contribution < 1.29 is 4.74 Å². The van der Waals surface area contributed by atoms with Crippen LogP contribution in [0, 0.1) is 13.8 Å². The van der Waals surface area contributed by atoms with E-state index >= 15 is 0 Å². The van der Waals surface area contributed by atoms with Crippen molar-refractivity contribution in [1.29, 1.82) is 0 Å². The van der Waals surface area contributed by atoms with Gasteiger partial charge in [-0.1, -0.05) is 12.1 Å². The summed E-state index contributed by atoms with van der Waals surface area (Å²) in [5, 5.41) is 7.65. The number of aryl methyl sites for hydroxylation is 2. The number of ether oxygens (including phenoxy) is 1. The van der Waals surface area contributed by atoms with Crippen LogP contribution in [0.3, 0.4) is 0 Å². The van der Waals surface area contributed by atoms with Crippen LogP contribution in [0.1, 0.15) is 11.3 Å². The van der Waals surface area contributed by atoms with Gasteiger partial charge in [-0.2, -0.15) is 5.10 Å². The van der Waals surface area contributed by atoms with Crippen molar-refractivity contribution in [3.05, 3.63) is 54.0 Å². The van der Waals surface area contributed by atoms with Crippen LogP contribution in [0.4, 0.5) is 5.82 Å². The molecule has 0 atom stereocenters. The molecule has 1 N–H and O–H groups in total. The highest BCUT2D eigenvalue weighted by atomic mass is 16.5. The number of fused-ring (bicyclic) bond motifs is 1. The molecular formula is C16H18N4O. The molecular weight excluding hydrogens is 264 g/mol. The Hall–Kier alpha value is -2.56. The minimum atomic E-state index is 0.583. The molecule has 108 valence electrons. The van der Waals surface area contributed by atoms with E-state index in [9.17, 15) is 0 Å². The van der Waals surface area contributed by atoms with Gasteiger partial charge in [0.05, 0.1) is 12.2 Å². The first-order valence-electron chi connectivity index (χ1n) is 6.97. The van der Waals surface area contributed by atoms with Crippen molar-refractivity contribution in [3.63, 3.8) is 0 Å². The van der Waals surface area contributed by atoms with Gasteiger partial charge >= 0.3 is 0 Å². The highest BCUT2D eigenvalue weighted by Gasteiger charge is 2.04. The van der Waals surface area contributed by atoms with Gasteiger partial charge in [-0.25, -0.2) is 9.50 Å². The Morgan fingerprint density at radius 1 is 1.24 bits per heavy atom. The van der Waals surface area contributed by atoms with E-state index < -0.39 is 0 Å². The Bertz CT molecular complexity index is 751. The van der Waals surface area contributed by atoms with Gasteiger partial charge in [0.1, 0.15) is 17.9 Å². The van der Waals surface area contributed by atoms with Gasteiger partial charge in [0.2, 0.25) is 0 Å². The molecule has 0 aliphatic rings. The Kier molecular flexibility index (Phi) is 3.73. The largest absolute Gasteiger partial charge is 0.492 e. The average Bonchev–Trinajstić information content (AvgIpc) is 2.84. The van der Waals surface area contributed by atoms with Crippen LogP contribution in [0.25, 0.3) is 5.52 Å². The Morgan fingerprint density at radius 3 is 3.00 bits per heavy atom. The van der Waals surface area contributed by atoms with Crippen molar-refractivity contribution in [2.75, 3.05) is 18.5 Å². The van der Waals surface area contributed by atoms with Crippen LogP contribution in [0.5, 0.6) is 5.75 Å². The Balaban J connectivity index is 1.59. The minimum absolute atomic E-state index is 0.583. The monoisotopic (exact) mass is 282 g/mol. The van der Waals surface area contributed by atoms with Crippen molar-refractivity contribution in [1.82, 2.24) is 14.6 Å². The second kappa shape index (κ2) is 5.83. The van der Waals surface area contributed by atoms with Gasteiger partial charge in [0.15, 0.2) is 5.82 Å². The SMILES string of the molecule is Cc1cccc(OCCNc2nccn3nc(C)cc23)c1. The van der Waals surface area contributed by atoms with E-state index in [-0.39, 0.29) is 0 Å². The molecule has 0 amide bonds. The Labute approximate surface area is 123 Å². The molecule has 0 aliphatic heterocycles. The molecule has 21 heavy (non-hydrogen) atoms. The summed E-state index contributed by atoms with van der Waals surface area (Å²) in [6.45, 7) is 5.29. The number of hydrogen-bond acceptors (Lipinski definition) is 4. The van der Waals surface area contributed by atoms with Crippen molar-refractivity contribution >= 4 is 11.3 Å². The first-order valence-corrected chi connectivity index (χ1v) is 6.97. The lowest BCUT2D eigenvalue weighted by molar-refractivity contribution is 0.332. The molecule has 2 aromatic heterocycles. The lowest BCUT2D eigenvalue weighted by Crippen LogP contribution is -2.13. The van der Waals surface area contributed by atoms with E-state index in [1.807, 2.05) is 41.9 Å². The fourth-order valence-electron chi connectivity index (χ4n) is 2.22. The third-order valence-corrected chi connectivity index (χ3v) is 3.16. The van der Waals surface area contributed by atoms with Gasteiger partial charge in [0, 0.05) is 12.4 Å². The summed E-state index contributed by atoms with van der Waals surface area (Å²) in [4.78, 5) is 4.35. The van der Waals surface area contributed by atoms with Crippen molar-refractivity contribution in [3.8, 4) is 5.75 Å². The molecule has 0 bridgehead atoms. The highest BCUT2D eigenvalue weighted by Crippen LogP contribution is 2.15. The van der Waals surface area contributed by atoms with Crippen LogP contribution in [-0.2, 0) is 0 Å². The van der Waals surface area contributed by atoms with Crippen molar-refractivity contribution in [2.45, 2.75) is 13.8 Å². The third kappa shape index (κ3) is 3.13. The third-order valence-electron chi connectivity index (χ3n) is 3.16. The first kappa shape index (κ1) is 13.4. The molecule has 3 aromatic rings.